The van der Waals surface area contributed by atoms with Crippen LogP contribution >= 0.6 is 23.4 Å². The highest BCUT2D eigenvalue weighted by atomic mass is 35.5. The van der Waals surface area contributed by atoms with Crippen molar-refractivity contribution in [3.05, 3.63) is 64.7 Å². The van der Waals surface area contributed by atoms with Gasteiger partial charge in [0.15, 0.2) is 0 Å². The Balaban J connectivity index is 2.04. The van der Waals surface area contributed by atoms with Crippen molar-refractivity contribution >= 4 is 35.2 Å². The number of hydrogen-bond acceptors (Lipinski definition) is 4. The molecule has 0 spiro atoms. The molecule has 1 atom stereocenters. The van der Waals surface area contributed by atoms with Gasteiger partial charge in [0.05, 0.1) is 12.9 Å². The summed E-state index contributed by atoms with van der Waals surface area (Å²) >= 11 is 7.45. The number of ether oxygens (including phenoxy) is 1. The average molecular weight is 449 g/mol. The summed E-state index contributed by atoms with van der Waals surface area (Å²) in [5.41, 5.74) is 2.05. The monoisotopic (exact) mass is 448 g/mol. The number of halogens is 1. The first-order chi connectivity index (χ1) is 14.4. The third kappa shape index (κ3) is 7.58. The molecule has 0 saturated carbocycles. The van der Waals surface area contributed by atoms with Gasteiger partial charge in [0, 0.05) is 23.9 Å². The minimum absolute atomic E-state index is 0.0658. The number of thioether (sulfide) groups is 1. The van der Waals surface area contributed by atoms with Crippen LogP contribution < -0.4 is 10.1 Å². The second-order valence-electron chi connectivity index (χ2n) is 6.96. The van der Waals surface area contributed by atoms with Crippen LogP contribution in [0.25, 0.3) is 0 Å². The van der Waals surface area contributed by atoms with Crippen molar-refractivity contribution in [1.82, 2.24) is 10.2 Å². The molecule has 7 heteroatoms. The maximum absolute atomic E-state index is 13.0. The molecule has 0 aliphatic carbocycles. The lowest BCUT2D eigenvalue weighted by molar-refractivity contribution is -0.138. The van der Waals surface area contributed by atoms with Crippen LogP contribution in [0.3, 0.4) is 0 Å². The minimum atomic E-state index is -0.553. The summed E-state index contributed by atoms with van der Waals surface area (Å²) < 4.78 is 5.20. The number of methoxy groups -OCH3 is 1. The van der Waals surface area contributed by atoms with Crippen LogP contribution in [0.15, 0.2) is 48.5 Å². The Morgan fingerprint density at radius 2 is 1.73 bits per heavy atom. The molecule has 2 amide bonds. The third-order valence-electron chi connectivity index (χ3n) is 4.64. The lowest BCUT2D eigenvalue weighted by Gasteiger charge is -2.28. The maximum Gasteiger partial charge on any atom is 0.242 e. The fourth-order valence-corrected chi connectivity index (χ4v) is 3.82. The van der Waals surface area contributed by atoms with Crippen LogP contribution in [0, 0.1) is 0 Å². The summed E-state index contributed by atoms with van der Waals surface area (Å²) in [5, 5.41) is 3.58. The second-order valence-corrected chi connectivity index (χ2v) is 8.38. The number of benzene rings is 2. The van der Waals surface area contributed by atoms with Crippen molar-refractivity contribution in [2.45, 2.75) is 38.6 Å². The molecule has 2 aromatic rings. The van der Waals surface area contributed by atoms with Crippen molar-refractivity contribution in [3.8, 4) is 5.75 Å². The molecule has 0 fully saturated rings. The quantitative estimate of drug-likeness (QED) is 0.548. The van der Waals surface area contributed by atoms with Crippen molar-refractivity contribution in [2.75, 3.05) is 19.4 Å². The van der Waals surface area contributed by atoms with Gasteiger partial charge in [0.2, 0.25) is 11.8 Å². The normalized spacial score (nSPS) is 11.6. The summed E-state index contributed by atoms with van der Waals surface area (Å²) in [6, 6.07) is 14.6. The molecule has 0 saturated heterocycles. The Morgan fingerprint density at radius 1 is 1.10 bits per heavy atom. The topological polar surface area (TPSA) is 58.6 Å². The lowest BCUT2D eigenvalue weighted by atomic mass is 10.1. The largest absolute Gasteiger partial charge is 0.497 e. The fraction of sp³-hybridized carbons (Fsp3) is 0.391. The van der Waals surface area contributed by atoms with Gasteiger partial charge in [-0.2, -0.15) is 0 Å². The fourth-order valence-electron chi connectivity index (χ4n) is 2.83. The molecule has 2 aromatic carbocycles. The van der Waals surface area contributed by atoms with E-state index >= 15 is 0 Å². The van der Waals surface area contributed by atoms with Gasteiger partial charge in [-0.3, -0.25) is 9.59 Å². The number of rotatable bonds is 11. The predicted molar refractivity (Wildman–Crippen MR) is 124 cm³/mol. The van der Waals surface area contributed by atoms with Crippen molar-refractivity contribution in [3.63, 3.8) is 0 Å². The van der Waals surface area contributed by atoms with Crippen LogP contribution in [0.1, 0.15) is 31.4 Å². The Hall–Kier alpha value is -2.18. The Bertz CT molecular complexity index is 812. The molecular formula is C23H29ClN2O3S. The number of nitrogens with one attached hydrogen (secondary N) is 1. The van der Waals surface area contributed by atoms with Gasteiger partial charge in [-0.1, -0.05) is 42.8 Å². The van der Waals surface area contributed by atoms with E-state index in [1.54, 1.807) is 18.9 Å². The highest BCUT2D eigenvalue weighted by molar-refractivity contribution is 7.99. The highest BCUT2D eigenvalue weighted by Gasteiger charge is 2.25. The van der Waals surface area contributed by atoms with Crippen LogP contribution in [0.4, 0.5) is 0 Å². The molecule has 0 aliphatic heterocycles. The smallest absolute Gasteiger partial charge is 0.242 e. The van der Waals surface area contributed by atoms with Crippen LogP contribution in [0.5, 0.6) is 5.75 Å². The molecule has 0 unspecified atom stereocenters. The zero-order valence-corrected chi connectivity index (χ0v) is 19.3. The number of nitrogens with zero attached hydrogens (tertiary/aromatic N) is 1. The number of carbonyl (C=O) groups excluding carboxylic acids is 2. The zero-order valence-electron chi connectivity index (χ0n) is 17.7. The van der Waals surface area contributed by atoms with Gasteiger partial charge in [-0.05, 0) is 48.7 Å². The van der Waals surface area contributed by atoms with E-state index < -0.39 is 6.04 Å². The molecular weight excluding hydrogens is 420 g/mol. The molecule has 0 heterocycles. The van der Waals surface area contributed by atoms with E-state index in [9.17, 15) is 9.59 Å². The molecule has 2 rings (SSSR count). The van der Waals surface area contributed by atoms with E-state index in [1.807, 2.05) is 55.5 Å². The van der Waals surface area contributed by atoms with Gasteiger partial charge >= 0.3 is 0 Å². The molecule has 162 valence electrons. The summed E-state index contributed by atoms with van der Waals surface area (Å²) in [6.45, 7) is 4.74. The van der Waals surface area contributed by atoms with E-state index in [4.69, 9.17) is 16.3 Å². The van der Waals surface area contributed by atoms with Gasteiger partial charge in [0.1, 0.15) is 11.8 Å². The maximum atomic E-state index is 13.0. The SMILES string of the molecule is CCCNC(=O)[C@@H](C)N(Cc1ccc(OC)cc1)C(=O)CSCc1ccc(Cl)cc1. The molecule has 1 N–H and O–H groups in total. The Kier molecular flexibility index (Phi) is 10.0. The predicted octanol–water partition coefficient (Wildman–Crippen LogP) is 4.53. The standard InChI is InChI=1S/C23H29ClN2O3S/c1-4-13-25-23(28)17(2)26(14-18-7-11-21(29-3)12-8-18)22(27)16-30-15-19-5-9-20(24)10-6-19/h5-12,17H,4,13-16H2,1-3H3,(H,25,28)/t17-/m1/s1. The first-order valence-corrected chi connectivity index (χ1v) is 11.5. The van der Waals surface area contributed by atoms with E-state index in [0.717, 1.165) is 23.3 Å². The molecule has 0 radical (unpaired) electrons. The van der Waals surface area contributed by atoms with Gasteiger partial charge in [-0.15, -0.1) is 11.8 Å². The van der Waals surface area contributed by atoms with E-state index in [2.05, 4.69) is 5.32 Å². The van der Waals surface area contributed by atoms with Crippen LogP contribution in [0.2, 0.25) is 5.02 Å². The third-order valence-corrected chi connectivity index (χ3v) is 5.88. The van der Waals surface area contributed by atoms with Crippen molar-refractivity contribution < 1.29 is 14.3 Å². The zero-order chi connectivity index (χ0) is 21.9. The lowest BCUT2D eigenvalue weighted by Crippen LogP contribution is -2.48. The summed E-state index contributed by atoms with van der Waals surface area (Å²) in [7, 11) is 1.61. The van der Waals surface area contributed by atoms with E-state index in [1.165, 1.54) is 11.8 Å². The summed E-state index contributed by atoms with van der Waals surface area (Å²) in [4.78, 5) is 27.2. The minimum Gasteiger partial charge on any atom is -0.497 e. The molecule has 30 heavy (non-hydrogen) atoms. The van der Waals surface area contributed by atoms with Gasteiger partial charge < -0.3 is 15.0 Å². The summed E-state index contributed by atoms with van der Waals surface area (Å²) in [6.07, 6.45) is 0.849. The van der Waals surface area contributed by atoms with E-state index in [0.29, 0.717) is 29.6 Å². The van der Waals surface area contributed by atoms with Crippen LogP contribution in [-0.2, 0) is 21.9 Å². The van der Waals surface area contributed by atoms with Crippen molar-refractivity contribution in [1.29, 1.82) is 0 Å². The molecule has 0 aliphatic rings. The first kappa shape index (κ1) is 24.1. The number of carbonyl (C=O) groups is 2. The second kappa shape index (κ2) is 12.5. The van der Waals surface area contributed by atoms with Crippen LogP contribution in [-0.4, -0.2) is 42.2 Å². The Morgan fingerprint density at radius 3 is 2.33 bits per heavy atom. The molecule has 0 aromatic heterocycles. The summed E-state index contributed by atoms with van der Waals surface area (Å²) in [5.74, 6) is 1.55. The van der Waals surface area contributed by atoms with Gasteiger partial charge in [-0.25, -0.2) is 0 Å². The highest BCUT2D eigenvalue weighted by Crippen LogP contribution is 2.19. The average Bonchev–Trinajstić information content (AvgIpc) is 2.77. The van der Waals surface area contributed by atoms with E-state index in [-0.39, 0.29) is 11.8 Å². The molecule has 0 bridgehead atoms. The molecule has 5 nitrogen and oxygen atoms in total. The van der Waals surface area contributed by atoms with Crippen molar-refractivity contribution in [2.24, 2.45) is 0 Å². The first-order valence-electron chi connectivity index (χ1n) is 9.97. The Labute approximate surface area is 188 Å². The number of hydrogen-bond donors (Lipinski definition) is 1. The number of amides is 2. The van der Waals surface area contributed by atoms with Gasteiger partial charge in [0.25, 0.3) is 0 Å².